The Morgan fingerprint density at radius 3 is 2.60 bits per heavy atom. The smallest absolute Gasteiger partial charge is 0.257 e. The second kappa shape index (κ2) is 5.79. The number of hydrogen-bond donors (Lipinski definition) is 1. The number of nitrogens with zero attached hydrogens (tertiary/aromatic N) is 2. The van der Waals surface area contributed by atoms with Crippen LogP contribution in [-0.2, 0) is 0 Å². The Bertz CT molecular complexity index is 705. The first kappa shape index (κ1) is 12.7. The summed E-state index contributed by atoms with van der Waals surface area (Å²) in [7, 11) is 0. The van der Waals surface area contributed by atoms with Gasteiger partial charge >= 0.3 is 0 Å². The van der Waals surface area contributed by atoms with Crippen molar-refractivity contribution in [2.24, 2.45) is 5.16 Å². The van der Waals surface area contributed by atoms with Crippen LogP contribution in [0.25, 0.3) is 11.1 Å². The largest absolute Gasteiger partial charge is 0.431 e. The maximum atomic E-state index is 9.12. The van der Waals surface area contributed by atoms with Crippen LogP contribution in [0.2, 0.25) is 0 Å². The van der Waals surface area contributed by atoms with Crippen molar-refractivity contribution in [3.63, 3.8) is 0 Å². The lowest BCUT2D eigenvalue weighted by molar-refractivity contribution is 0.319. The van der Waals surface area contributed by atoms with Crippen LogP contribution in [0.15, 0.2) is 69.4 Å². The fourth-order valence-electron chi connectivity index (χ4n) is 1.84. The monoisotopic (exact) mass is 284 g/mol. The Morgan fingerprint density at radius 1 is 1.10 bits per heavy atom. The Morgan fingerprint density at radius 2 is 1.85 bits per heavy atom. The highest BCUT2D eigenvalue weighted by molar-refractivity contribution is 7.99. The third-order valence-electron chi connectivity index (χ3n) is 2.83. The summed E-state index contributed by atoms with van der Waals surface area (Å²) in [5, 5.41) is 13.0. The number of benzene rings is 2. The van der Waals surface area contributed by atoms with E-state index in [0.717, 1.165) is 16.7 Å². The first-order valence-corrected chi connectivity index (χ1v) is 7.10. The third kappa shape index (κ3) is 2.67. The molecule has 0 unspecified atom stereocenters. The molecule has 0 saturated heterocycles. The average molecular weight is 284 g/mol. The molecule has 0 radical (unpaired) electrons. The van der Waals surface area contributed by atoms with Crippen LogP contribution in [0.5, 0.6) is 0 Å². The van der Waals surface area contributed by atoms with Crippen molar-refractivity contribution in [1.29, 1.82) is 0 Å². The molecule has 3 aromatic rings. The van der Waals surface area contributed by atoms with Gasteiger partial charge in [0.15, 0.2) is 5.58 Å². The van der Waals surface area contributed by atoms with E-state index in [4.69, 9.17) is 9.62 Å². The molecule has 0 saturated carbocycles. The van der Waals surface area contributed by atoms with E-state index >= 15 is 0 Å². The van der Waals surface area contributed by atoms with Gasteiger partial charge in [-0.15, -0.1) is 0 Å². The van der Waals surface area contributed by atoms with Crippen LogP contribution in [0.3, 0.4) is 0 Å². The molecule has 5 heteroatoms. The number of hydrogen-bond acceptors (Lipinski definition) is 5. The molecule has 0 bridgehead atoms. The molecule has 20 heavy (non-hydrogen) atoms. The number of oxazole rings is 1. The summed E-state index contributed by atoms with van der Waals surface area (Å²) < 4.78 is 5.61. The average Bonchev–Trinajstić information content (AvgIpc) is 2.92. The van der Waals surface area contributed by atoms with Gasteiger partial charge in [0.05, 0.1) is 5.71 Å². The number of thioether (sulfide) groups is 1. The maximum absolute atomic E-state index is 9.12. The predicted octanol–water partition coefficient (Wildman–Crippen LogP) is 3.80. The van der Waals surface area contributed by atoms with Crippen molar-refractivity contribution in [2.75, 3.05) is 5.75 Å². The summed E-state index contributed by atoms with van der Waals surface area (Å²) in [6, 6.07) is 17.2. The molecule has 0 amide bonds. The molecule has 0 spiro atoms. The quantitative estimate of drug-likeness (QED) is 0.342. The molecule has 1 heterocycles. The van der Waals surface area contributed by atoms with Gasteiger partial charge in [-0.05, 0) is 12.1 Å². The van der Waals surface area contributed by atoms with Gasteiger partial charge in [-0.2, -0.15) is 0 Å². The van der Waals surface area contributed by atoms with Crippen molar-refractivity contribution >= 4 is 28.6 Å². The van der Waals surface area contributed by atoms with Gasteiger partial charge in [-0.3, -0.25) is 0 Å². The van der Waals surface area contributed by atoms with E-state index in [2.05, 4.69) is 10.1 Å². The van der Waals surface area contributed by atoms with Gasteiger partial charge in [-0.1, -0.05) is 59.4 Å². The molecule has 0 fully saturated rings. The molecular formula is C15H12N2O2S. The standard InChI is InChI=1S/C15H12N2O2S/c18-17-13(11-6-2-1-3-7-11)10-20-15-16-12-8-4-5-9-14(12)19-15/h1-9,18H,10H2/b17-13+. The Hall–Kier alpha value is -2.27. The van der Waals surface area contributed by atoms with Crippen molar-refractivity contribution in [1.82, 2.24) is 4.98 Å². The molecule has 1 N–H and O–H groups in total. The highest BCUT2D eigenvalue weighted by atomic mass is 32.2. The number of rotatable bonds is 4. The van der Waals surface area contributed by atoms with Gasteiger partial charge < -0.3 is 9.62 Å². The van der Waals surface area contributed by atoms with Crippen LogP contribution in [0.4, 0.5) is 0 Å². The van der Waals surface area contributed by atoms with E-state index in [9.17, 15) is 0 Å². The van der Waals surface area contributed by atoms with Crippen LogP contribution >= 0.6 is 11.8 Å². The summed E-state index contributed by atoms with van der Waals surface area (Å²) in [5.74, 6) is 0.493. The zero-order valence-corrected chi connectivity index (χ0v) is 11.4. The van der Waals surface area contributed by atoms with Gasteiger partial charge in [0.2, 0.25) is 0 Å². The van der Waals surface area contributed by atoms with E-state index in [0.29, 0.717) is 16.7 Å². The summed E-state index contributed by atoms with van der Waals surface area (Å²) in [6.07, 6.45) is 0. The zero-order valence-electron chi connectivity index (χ0n) is 10.6. The minimum absolute atomic E-state index is 0.493. The van der Waals surface area contributed by atoms with Gasteiger partial charge in [0.25, 0.3) is 5.22 Å². The molecule has 0 aliphatic heterocycles. The van der Waals surface area contributed by atoms with E-state index < -0.39 is 0 Å². The first-order valence-electron chi connectivity index (χ1n) is 6.11. The lowest BCUT2D eigenvalue weighted by Crippen LogP contribution is -2.04. The second-order valence-corrected chi connectivity index (χ2v) is 5.08. The Balaban J connectivity index is 1.75. The SMILES string of the molecule is O/N=C(\CSc1nc2ccccc2o1)c1ccccc1. The molecule has 4 nitrogen and oxygen atoms in total. The minimum atomic E-state index is 0.493. The fourth-order valence-corrected chi connectivity index (χ4v) is 2.64. The number of fused-ring (bicyclic) bond motifs is 1. The van der Waals surface area contributed by atoms with Crippen LogP contribution in [0, 0.1) is 0 Å². The Kier molecular flexibility index (Phi) is 3.69. The number of aromatic nitrogens is 1. The van der Waals surface area contributed by atoms with E-state index in [-0.39, 0.29) is 0 Å². The number of para-hydroxylation sites is 2. The van der Waals surface area contributed by atoms with Gasteiger partial charge in [0.1, 0.15) is 5.52 Å². The van der Waals surface area contributed by atoms with E-state index in [1.165, 1.54) is 11.8 Å². The predicted molar refractivity (Wildman–Crippen MR) is 79.5 cm³/mol. The summed E-state index contributed by atoms with van der Waals surface area (Å²) in [5.41, 5.74) is 3.07. The maximum Gasteiger partial charge on any atom is 0.257 e. The van der Waals surface area contributed by atoms with Crippen molar-refractivity contribution < 1.29 is 9.62 Å². The molecular weight excluding hydrogens is 272 g/mol. The zero-order chi connectivity index (χ0) is 13.8. The van der Waals surface area contributed by atoms with Crippen molar-refractivity contribution in [2.45, 2.75) is 5.22 Å². The molecule has 100 valence electrons. The number of oxime groups is 1. The third-order valence-corrected chi connectivity index (χ3v) is 3.67. The highest BCUT2D eigenvalue weighted by Gasteiger charge is 2.09. The summed E-state index contributed by atoms with van der Waals surface area (Å²) >= 11 is 1.41. The lowest BCUT2D eigenvalue weighted by Gasteiger charge is -2.01. The molecule has 0 aliphatic carbocycles. The summed E-state index contributed by atoms with van der Waals surface area (Å²) in [4.78, 5) is 4.37. The minimum Gasteiger partial charge on any atom is -0.431 e. The van der Waals surface area contributed by atoms with Crippen molar-refractivity contribution in [3.05, 3.63) is 60.2 Å². The van der Waals surface area contributed by atoms with Gasteiger partial charge in [-0.25, -0.2) is 4.98 Å². The van der Waals surface area contributed by atoms with Crippen LogP contribution in [-0.4, -0.2) is 21.7 Å². The Labute approximate surface area is 120 Å². The fraction of sp³-hybridized carbons (Fsp3) is 0.0667. The summed E-state index contributed by atoms with van der Waals surface area (Å²) in [6.45, 7) is 0. The normalized spacial score (nSPS) is 11.9. The second-order valence-electron chi connectivity index (χ2n) is 4.15. The lowest BCUT2D eigenvalue weighted by atomic mass is 10.1. The molecule has 1 aromatic heterocycles. The van der Waals surface area contributed by atoms with Crippen LogP contribution < -0.4 is 0 Å². The van der Waals surface area contributed by atoms with E-state index in [1.54, 1.807) is 0 Å². The topological polar surface area (TPSA) is 58.6 Å². The molecule has 2 aromatic carbocycles. The molecule has 3 rings (SSSR count). The van der Waals surface area contributed by atoms with Crippen LogP contribution in [0.1, 0.15) is 5.56 Å². The highest BCUT2D eigenvalue weighted by Crippen LogP contribution is 2.23. The molecule has 0 aliphatic rings. The first-order chi connectivity index (χ1) is 9.86. The van der Waals surface area contributed by atoms with E-state index in [1.807, 2.05) is 54.6 Å². The van der Waals surface area contributed by atoms with Crippen molar-refractivity contribution in [3.8, 4) is 0 Å². The molecule has 0 atom stereocenters. The van der Waals surface area contributed by atoms with Gasteiger partial charge in [0, 0.05) is 11.3 Å².